The second-order valence-corrected chi connectivity index (χ2v) is 5.22. The van der Waals surface area contributed by atoms with E-state index in [1.54, 1.807) is 4.68 Å². The molecule has 8 heteroatoms. The summed E-state index contributed by atoms with van der Waals surface area (Å²) in [5.41, 5.74) is 2.80. The molecule has 0 radical (unpaired) electrons. The first kappa shape index (κ1) is 15.0. The number of hydrogen-bond donors (Lipinski definition) is 3. The SMILES string of the molecule is Cc1nn(C)c(C)c1[C@@H](C)NC(=O)C[C@H]1NC(=O)NC1=O. The minimum atomic E-state index is -0.805. The second kappa shape index (κ2) is 5.55. The third-order valence-corrected chi connectivity index (χ3v) is 3.62. The molecule has 0 aliphatic carbocycles. The van der Waals surface area contributed by atoms with Gasteiger partial charge in [-0.05, 0) is 20.8 Å². The Kier molecular flexibility index (Phi) is 3.97. The fourth-order valence-electron chi connectivity index (χ4n) is 2.58. The lowest BCUT2D eigenvalue weighted by Gasteiger charge is -2.16. The molecule has 4 amide bonds. The summed E-state index contributed by atoms with van der Waals surface area (Å²) >= 11 is 0. The zero-order valence-corrected chi connectivity index (χ0v) is 12.5. The fraction of sp³-hybridized carbons (Fsp3) is 0.538. The van der Waals surface area contributed by atoms with Crippen LogP contribution in [-0.2, 0) is 16.6 Å². The summed E-state index contributed by atoms with van der Waals surface area (Å²) in [5.74, 6) is -0.774. The predicted molar refractivity (Wildman–Crippen MR) is 74.3 cm³/mol. The summed E-state index contributed by atoms with van der Waals surface area (Å²) in [6.45, 7) is 5.68. The molecule has 1 aromatic rings. The molecule has 21 heavy (non-hydrogen) atoms. The first-order valence-electron chi connectivity index (χ1n) is 6.70. The third kappa shape index (κ3) is 3.04. The smallest absolute Gasteiger partial charge is 0.322 e. The molecule has 1 aliphatic rings. The summed E-state index contributed by atoms with van der Waals surface area (Å²) in [7, 11) is 1.85. The monoisotopic (exact) mass is 293 g/mol. The number of amides is 4. The molecule has 1 aromatic heterocycles. The topological polar surface area (TPSA) is 105 Å². The van der Waals surface area contributed by atoms with Gasteiger partial charge in [-0.1, -0.05) is 0 Å². The lowest BCUT2D eigenvalue weighted by molar-refractivity contribution is -0.126. The van der Waals surface area contributed by atoms with Gasteiger partial charge in [-0.3, -0.25) is 19.6 Å². The van der Waals surface area contributed by atoms with Crippen molar-refractivity contribution in [3.05, 3.63) is 17.0 Å². The zero-order valence-electron chi connectivity index (χ0n) is 12.5. The molecule has 2 rings (SSSR count). The van der Waals surface area contributed by atoms with Gasteiger partial charge in [-0.25, -0.2) is 4.79 Å². The predicted octanol–water partition coefficient (Wildman–Crippen LogP) is -0.188. The summed E-state index contributed by atoms with van der Waals surface area (Å²) in [5, 5.41) is 11.6. The van der Waals surface area contributed by atoms with Crippen LogP contribution in [0.15, 0.2) is 0 Å². The van der Waals surface area contributed by atoms with Gasteiger partial charge in [0.05, 0.1) is 18.2 Å². The normalized spacial score (nSPS) is 19.1. The maximum Gasteiger partial charge on any atom is 0.322 e. The number of carbonyl (C=O) groups is 3. The van der Waals surface area contributed by atoms with Gasteiger partial charge in [-0.15, -0.1) is 0 Å². The van der Waals surface area contributed by atoms with E-state index in [1.165, 1.54) is 0 Å². The average Bonchev–Trinajstić information content (AvgIpc) is 2.79. The van der Waals surface area contributed by atoms with Crippen LogP contribution in [0.5, 0.6) is 0 Å². The maximum absolute atomic E-state index is 12.0. The summed E-state index contributed by atoms with van der Waals surface area (Å²) < 4.78 is 1.76. The summed E-state index contributed by atoms with van der Waals surface area (Å²) in [6, 6.07) is -1.59. The van der Waals surface area contributed by atoms with Crippen LogP contribution in [0.25, 0.3) is 0 Å². The summed E-state index contributed by atoms with van der Waals surface area (Å²) in [4.78, 5) is 34.4. The highest BCUT2D eigenvalue weighted by molar-refractivity contribution is 6.05. The number of rotatable bonds is 4. The molecular weight excluding hydrogens is 274 g/mol. The first-order valence-corrected chi connectivity index (χ1v) is 6.70. The van der Waals surface area contributed by atoms with E-state index in [1.807, 2.05) is 27.8 Å². The van der Waals surface area contributed by atoms with Crippen molar-refractivity contribution >= 4 is 17.8 Å². The lowest BCUT2D eigenvalue weighted by Crippen LogP contribution is -2.37. The van der Waals surface area contributed by atoms with Crippen molar-refractivity contribution in [1.29, 1.82) is 0 Å². The number of carbonyl (C=O) groups excluding carboxylic acids is 3. The molecule has 1 saturated heterocycles. The highest BCUT2D eigenvalue weighted by Gasteiger charge is 2.31. The first-order chi connectivity index (χ1) is 9.79. The van der Waals surface area contributed by atoms with Crippen molar-refractivity contribution in [3.8, 4) is 0 Å². The van der Waals surface area contributed by atoms with Crippen molar-refractivity contribution in [3.63, 3.8) is 0 Å². The van der Waals surface area contributed by atoms with Crippen molar-refractivity contribution in [2.75, 3.05) is 0 Å². The van der Waals surface area contributed by atoms with E-state index in [-0.39, 0.29) is 18.4 Å². The van der Waals surface area contributed by atoms with Crippen LogP contribution < -0.4 is 16.0 Å². The molecule has 0 saturated carbocycles. The largest absolute Gasteiger partial charge is 0.349 e. The molecule has 114 valence electrons. The standard InChI is InChI=1S/C13H19N5O3/c1-6(11-7(2)17-18(4)8(11)3)14-10(19)5-9-12(20)16-13(21)15-9/h6,9H,5H2,1-4H3,(H,14,19)(H2,15,16,20,21)/t6-,9-/m1/s1. The number of nitrogens with one attached hydrogen (secondary N) is 3. The number of aryl methyl sites for hydroxylation is 2. The van der Waals surface area contributed by atoms with E-state index in [9.17, 15) is 14.4 Å². The molecule has 0 unspecified atom stereocenters. The second-order valence-electron chi connectivity index (χ2n) is 5.22. The van der Waals surface area contributed by atoms with Gasteiger partial charge >= 0.3 is 6.03 Å². The highest BCUT2D eigenvalue weighted by Crippen LogP contribution is 2.20. The Hall–Kier alpha value is -2.38. The van der Waals surface area contributed by atoms with Crippen LogP contribution in [0.4, 0.5) is 4.79 Å². The van der Waals surface area contributed by atoms with Crippen LogP contribution in [0, 0.1) is 13.8 Å². The molecule has 1 fully saturated rings. The minimum absolute atomic E-state index is 0.0831. The molecule has 3 N–H and O–H groups in total. The van der Waals surface area contributed by atoms with Crippen molar-refractivity contribution in [1.82, 2.24) is 25.7 Å². The lowest BCUT2D eigenvalue weighted by atomic mass is 10.1. The number of nitrogens with zero attached hydrogens (tertiary/aromatic N) is 2. The minimum Gasteiger partial charge on any atom is -0.349 e. The van der Waals surface area contributed by atoms with Gasteiger partial charge < -0.3 is 10.6 Å². The highest BCUT2D eigenvalue weighted by atomic mass is 16.2. The molecule has 2 heterocycles. The summed E-state index contributed by atoms with van der Waals surface area (Å²) in [6.07, 6.45) is -0.0831. The van der Waals surface area contributed by atoms with E-state index in [4.69, 9.17) is 0 Å². The molecule has 0 aromatic carbocycles. The van der Waals surface area contributed by atoms with Crippen molar-refractivity contribution in [2.24, 2.45) is 7.05 Å². The van der Waals surface area contributed by atoms with Crippen LogP contribution in [0.2, 0.25) is 0 Å². The van der Waals surface area contributed by atoms with Gasteiger partial charge in [-0.2, -0.15) is 5.10 Å². The fourth-order valence-corrected chi connectivity index (χ4v) is 2.58. The molecule has 1 aliphatic heterocycles. The van der Waals surface area contributed by atoms with E-state index in [0.717, 1.165) is 17.0 Å². The third-order valence-electron chi connectivity index (χ3n) is 3.62. The molecule has 0 spiro atoms. The molecule has 0 bridgehead atoms. The van der Waals surface area contributed by atoms with Crippen molar-refractivity contribution in [2.45, 2.75) is 39.3 Å². The van der Waals surface area contributed by atoms with Gasteiger partial charge in [0.15, 0.2) is 0 Å². The quantitative estimate of drug-likeness (QED) is 0.669. The Balaban J connectivity index is 1.99. The zero-order chi connectivity index (χ0) is 15.7. The van der Waals surface area contributed by atoms with Crippen molar-refractivity contribution < 1.29 is 14.4 Å². The van der Waals surface area contributed by atoms with Crippen LogP contribution in [-0.4, -0.2) is 33.7 Å². The number of hydrogen-bond acceptors (Lipinski definition) is 4. The van der Waals surface area contributed by atoms with Gasteiger partial charge in [0.2, 0.25) is 5.91 Å². The number of aromatic nitrogens is 2. The number of urea groups is 1. The maximum atomic E-state index is 12.0. The van der Waals surface area contributed by atoms with Crippen LogP contribution >= 0.6 is 0 Å². The van der Waals surface area contributed by atoms with Crippen LogP contribution in [0.1, 0.15) is 36.3 Å². The van der Waals surface area contributed by atoms with E-state index < -0.39 is 18.0 Å². The Morgan fingerprint density at radius 3 is 2.57 bits per heavy atom. The Morgan fingerprint density at radius 1 is 1.43 bits per heavy atom. The molecular formula is C13H19N5O3. The van der Waals surface area contributed by atoms with E-state index in [0.29, 0.717) is 0 Å². The van der Waals surface area contributed by atoms with Gasteiger partial charge in [0.1, 0.15) is 6.04 Å². The number of imide groups is 1. The Labute approximate surface area is 122 Å². The molecule has 8 nitrogen and oxygen atoms in total. The van der Waals surface area contributed by atoms with Gasteiger partial charge in [0.25, 0.3) is 5.91 Å². The molecule has 2 atom stereocenters. The van der Waals surface area contributed by atoms with E-state index >= 15 is 0 Å². The Bertz CT molecular complexity index is 607. The average molecular weight is 293 g/mol. The van der Waals surface area contributed by atoms with Gasteiger partial charge in [0, 0.05) is 18.3 Å². The van der Waals surface area contributed by atoms with E-state index in [2.05, 4.69) is 21.0 Å². The van der Waals surface area contributed by atoms with Crippen LogP contribution in [0.3, 0.4) is 0 Å². The Morgan fingerprint density at radius 2 is 2.10 bits per heavy atom.